The van der Waals surface area contributed by atoms with Crippen LogP contribution in [0.15, 0.2) is 18.5 Å². The smallest absolute Gasteiger partial charge is 0.337 e. The van der Waals surface area contributed by atoms with Crippen LogP contribution >= 0.6 is 0 Å². The van der Waals surface area contributed by atoms with Crippen LogP contribution < -0.4 is 4.72 Å². The second-order valence-electron chi connectivity index (χ2n) is 2.10. The maximum absolute atomic E-state index is 10.4. The van der Waals surface area contributed by atoms with Gasteiger partial charge in [0, 0.05) is 17.5 Å². The first-order valence-corrected chi connectivity index (χ1v) is 4.21. The molecule has 1 unspecified atom stereocenters. The SMILES string of the molecule is O=C(O)c1cncc(NS(=O)[O-])c1. The Morgan fingerprint density at radius 1 is 1.62 bits per heavy atom. The Bertz CT molecular complexity index is 354. The Labute approximate surface area is 76.0 Å². The van der Waals surface area contributed by atoms with Gasteiger partial charge in [-0.3, -0.25) is 9.19 Å². The van der Waals surface area contributed by atoms with Crippen LogP contribution in [0.4, 0.5) is 5.69 Å². The number of carboxylic acids is 1. The van der Waals surface area contributed by atoms with Crippen molar-refractivity contribution in [2.24, 2.45) is 0 Å². The lowest BCUT2D eigenvalue weighted by molar-refractivity contribution is 0.0696. The van der Waals surface area contributed by atoms with Crippen molar-refractivity contribution in [3.63, 3.8) is 0 Å². The van der Waals surface area contributed by atoms with Crippen molar-refractivity contribution in [2.75, 3.05) is 4.72 Å². The molecule has 1 heterocycles. The summed E-state index contributed by atoms with van der Waals surface area (Å²) in [5.74, 6) is -1.16. The first kappa shape index (κ1) is 9.62. The molecule has 0 saturated carbocycles. The van der Waals surface area contributed by atoms with E-state index in [1.165, 1.54) is 12.3 Å². The van der Waals surface area contributed by atoms with E-state index in [-0.39, 0.29) is 11.3 Å². The highest BCUT2D eigenvalue weighted by molar-refractivity contribution is 7.80. The zero-order valence-corrected chi connectivity index (χ0v) is 7.08. The number of anilines is 1. The number of aromatic carboxylic acids is 1. The summed E-state index contributed by atoms with van der Waals surface area (Å²) in [6.45, 7) is 0. The fourth-order valence-electron chi connectivity index (χ4n) is 0.709. The molecule has 0 aliphatic carbocycles. The van der Waals surface area contributed by atoms with Crippen molar-refractivity contribution in [3.8, 4) is 0 Å². The van der Waals surface area contributed by atoms with Gasteiger partial charge in [0.05, 0.1) is 17.4 Å². The van der Waals surface area contributed by atoms with E-state index in [0.717, 1.165) is 6.20 Å². The molecule has 0 radical (unpaired) electrons. The third-order valence-corrected chi connectivity index (χ3v) is 1.59. The van der Waals surface area contributed by atoms with Gasteiger partial charge in [0.25, 0.3) is 0 Å². The van der Waals surface area contributed by atoms with Gasteiger partial charge in [-0.2, -0.15) is 0 Å². The molecule has 0 bridgehead atoms. The average molecular weight is 201 g/mol. The lowest BCUT2D eigenvalue weighted by Gasteiger charge is -2.07. The number of rotatable bonds is 3. The number of pyridine rings is 1. The molecule has 1 aromatic heterocycles. The van der Waals surface area contributed by atoms with Crippen molar-refractivity contribution in [3.05, 3.63) is 24.0 Å². The maximum Gasteiger partial charge on any atom is 0.337 e. The number of aromatic nitrogens is 1. The van der Waals surface area contributed by atoms with Gasteiger partial charge >= 0.3 is 5.97 Å². The molecule has 0 fully saturated rings. The summed E-state index contributed by atoms with van der Waals surface area (Å²) in [6.07, 6.45) is 2.34. The molecule has 0 saturated heterocycles. The maximum atomic E-state index is 10.4. The molecule has 0 aromatic carbocycles. The molecule has 1 aromatic rings. The molecule has 0 amide bonds. The largest absolute Gasteiger partial charge is 0.755 e. The summed E-state index contributed by atoms with van der Waals surface area (Å²) in [5.41, 5.74) is 0.0451. The van der Waals surface area contributed by atoms with Crippen LogP contribution in [0.5, 0.6) is 0 Å². The van der Waals surface area contributed by atoms with E-state index in [2.05, 4.69) is 4.98 Å². The zero-order chi connectivity index (χ0) is 9.84. The van der Waals surface area contributed by atoms with Gasteiger partial charge in [0.15, 0.2) is 0 Å². The number of nitrogens with one attached hydrogen (secondary N) is 1. The lowest BCUT2D eigenvalue weighted by atomic mass is 10.3. The van der Waals surface area contributed by atoms with Crippen molar-refractivity contribution < 1.29 is 18.7 Å². The highest BCUT2D eigenvalue weighted by Crippen LogP contribution is 2.08. The van der Waals surface area contributed by atoms with E-state index >= 15 is 0 Å². The number of carbonyl (C=O) groups is 1. The molecule has 2 N–H and O–H groups in total. The van der Waals surface area contributed by atoms with Gasteiger partial charge in [0.1, 0.15) is 0 Å². The zero-order valence-electron chi connectivity index (χ0n) is 6.26. The van der Waals surface area contributed by atoms with Gasteiger partial charge < -0.3 is 14.4 Å². The standard InChI is InChI=1S/C6H6N2O4S/c9-6(10)4-1-5(3-7-2-4)8-13(11)12/h1-3,8H,(H,9,10)(H,11,12)/p-1. The van der Waals surface area contributed by atoms with E-state index in [0.29, 0.717) is 0 Å². The number of hydrogen-bond acceptors (Lipinski definition) is 4. The molecule has 0 spiro atoms. The molecule has 13 heavy (non-hydrogen) atoms. The van der Waals surface area contributed by atoms with Crippen molar-refractivity contribution >= 4 is 22.9 Å². The minimum Gasteiger partial charge on any atom is -0.755 e. The molecular formula is C6H5N2O4S-. The van der Waals surface area contributed by atoms with Crippen LogP contribution in [0.25, 0.3) is 0 Å². The Balaban J connectivity index is 2.91. The van der Waals surface area contributed by atoms with E-state index in [9.17, 15) is 13.6 Å². The Morgan fingerprint density at radius 3 is 2.85 bits per heavy atom. The van der Waals surface area contributed by atoms with Gasteiger partial charge in [-0.15, -0.1) is 0 Å². The Kier molecular flexibility index (Phi) is 2.93. The second kappa shape index (κ2) is 3.97. The van der Waals surface area contributed by atoms with E-state index in [4.69, 9.17) is 5.11 Å². The highest BCUT2D eigenvalue weighted by atomic mass is 32.2. The monoisotopic (exact) mass is 201 g/mol. The van der Waals surface area contributed by atoms with Crippen molar-refractivity contribution in [1.29, 1.82) is 0 Å². The molecule has 70 valence electrons. The third-order valence-electron chi connectivity index (χ3n) is 1.19. The minimum atomic E-state index is -2.47. The fourth-order valence-corrected chi connectivity index (χ4v) is 1.01. The fraction of sp³-hybridized carbons (Fsp3) is 0. The van der Waals surface area contributed by atoms with Crippen LogP contribution in [0.3, 0.4) is 0 Å². The third kappa shape index (κ3) is 2.80. The van der Waals surface area contributed by atoms with Crippen LogP contribution in [0.1, 0.15) is 10.4 Å². The van der Waals surface area contributed by atoms with E-state index < -0.39 is 17.2 Å². The van der Waals surface area contributed by atoms with Crippen LogP contribution in [0.2, 0.25) is 0 Å². The van der Waals surface area contributed by atoms with E-state index in [1.54, 1.807) is 0 Å². The first-order chi connectivity index (χ1) is 6.09. The summed E-state index contributed by atoms with van der Waals surface area (Å²) in [5, 5.41) is 8.52. The molecule has 1 atom stereocenters. The van der Waals surface area contributed by atoms with E-state index in [1.807, 2.05) is 4.72 Å². The van der Waals surface area contributed by atoms with Crippen LogP contribution in [-0.4, -0.2) is 24.8 Å². The van der Waals surface area contributed by atoms with Gasteiger partial charge in [-0.05, 0) is 6.07 Å². The summed E-state index contributed by atoms with van der Waals surface area (Å²) >= 11 is -2.47. The first-order valence-electron chi connectivity index (χ1n) is 3.14. The predicted molar refractivity (Wildman–Crippen MR) is 43.7 cm³/mol. The van der Waals surface area contributed by atoms with Crippen molar-refractivity contribution in [1.82, 2.24) is 4.98 Å². The average Bonchev–Trinajstić information content (AvgIpc) is 2.03. The molecule has 0 aliphatic heterocycles. The normalized spacial score (nSPS) is 12.1. The summed E-state index contributed by atoms with van der Waals surface area (Å²) in [4.78, 5) is 14.0. The summed E-state index contributed by atoms with van der Waals surface area (Å²) < 4.78 is 22.3. The van der Waals surface area contributed by atoms with Gasteiger partial charge in [0.2, 0.25) is 0 Å². The number of nitrogens with zero attached hydrogens (tertiary/aromatic N) is 1. The van der Waals surface area contributed by atoms with Gasteiger partial charge in [-0.25, -0.2) is 4.79 Å². The molecule has 7 heteroatoms. The second-order valence-corrected chi connectivity index (χ2v) is 2.78. The predicted octanol–water partition coefficient (Wildman–Crippen LogP) is -0.0142. The van der Waals surface area contributed by atoms with Gasteiger partial charge in [-0.1, -0.05) is 0 Å². The Morgan fingerprint density at radius 2 is 2.31 bits per heavy atom. The minimum absolute atomic E-state index is 0.0737. The molecule has 1 rings (SSSR count). The highest BCUT2D eigenvalue weighted by Gasteiger charge is 2.03. The van der Waals surface area contributed by atoms with Crippen LogP contribution in [-0.2, 0) is 11.3 Å². The van der Waals surface area contributed by atoms with Crippen molar-refractivity contribution in [2.45, 2.75) is 0 Å². The quantitative estimate of drug-likeness (QED) is 0.669. The summed E-state index contributed by atoms with van der Waals surface area (Å²) in [7, 11) is 0. The molecule has 6 nitrogen and oxygen atoms in total. The van der Waals surface area contributed by atoms with Crippen LogP contribution in [0, 0.1) is 0 Å². The lowest BCUT2D eigenvalue weighted by Crippen LogP contribution is -2.04. The number of carboxylic acid groups (broad SMARTS) is 1. The molecular weight excluding hydrogens is 196 g/mol. The Hall–Kier alpha value is -1.47. The summed E-state index contributed by atoms with van der Waals surface area (Å²) in [6, 6.07) is 1.17. The number of hydrogen-bond donors (Lipinski definition) is 2. The molecule has 0 aliphatic rings. The topological polar surface area (TPSA) is 102 Å².